The first-order valence-corrected chi connectivity index (χ1v) is 8.91. The van der Waals surface area contributed by atoms with Gasteiger partial charge in [-0.2, -0.15) is 0 Å². The van der Waals surface area contributed by atoms with Gasteiger partial charge in [-0.25, -0.2) is 0 Å². The molecule has 0 bridgehead atoms. The number of rotatable bonds is 6. The highest BCUT2D eigenvalue weighted by Gasteiger charge is 2.23. The molecule has 0 aliphatic heterocycles. The molecule has 0 unspecified atom stereocenters. The monoisotopic (exact) mass is 376 g/mol. The van der Waals surface area contributed by atoms with E-state index in [2.05, 4.69) is 10.6 Å². The summed E-state index contributed by atoms with van der Waals surface area (Å²) in [6.45, 7) is 0.462. The van der Waals surface area contributed by atoms with Crippen molar-refractivity contribution in [3.05, 3.63) is 69.2 Å². The molecule has 1 aliphatic rings. The summed E-state index contributed by atoms with van der Waals surface area (Å²) in [5.41, 5.74) is 2.01. The number of carbonyl (C=O) groups is 2. The predicted octanol–water partition coefficient (Wildman–Crippen LogP) is 3.86. The Balaban J connectivity index is 1.51. The molecule has 0 saturated heterocycles. The third-order valence-electron chi connectivity index (χ3n) is 4.02. The normalized spacial score (nSPS) is 13.4. The summed E-state index contributed by atoms with van der Waals surface area (Å²) >= 11 is 12.0. The number of nitrogens with one attached hydrogen (secondary N) is 2. The van der Waals surface area contributed by atoms with Gasteiger partial charge in [0.2, 0.25) is 0 Å². The third kappa shape index (κ3) is 4.97. The lowest BCUT2D eigenvalue weighted by Gasteiger charge is -2.08. The maximum absolute atomic E-state index is 12.2. The van der Waals surface area contributed by atoms with Gasteiger partial charge in [0.15, 0.2) is 0 Å². The molecule has 1 saturated carbocycles. The van der Waals surface area contributed by atoms with Crippen molar-refractivity contribution < 1.29 is 9.59 Å². The molecule has 0 heterocycles. The molecule has 130 valence electrons. The van der Waals surface area contributed by atoms with Gasteiger partial charge >= 0.3 is 0 Å². The molecule has 6 heteroatoms. The van der Waals surface area contributed by atoms with Crippen molar-refractivity contribution in [1.29, 1.82) is 0 Å². The molecule has 25 heavy (non-hydrogen) atoms. The van der Waals surface area contributed by atoms with E-state index in [0.29, 0.717) is 40.2 Å². The van der Waals surface area contributed by atoms with Crippen molar-refractivity contribution in [2.24, 2.45) is 0 Å². The molecule has 4 nitrogen and oxygen atoms in total. The molecule has 2 N–H and O–H groups in total. The van der Waals surface area contributed by atoms with Gasteiger partial charge in [0.25, 0.3) is 11.8 Å². The van der Waals surface area contributed by atoms with Crippen molar-refractivity contribution in [1.82, 2.24) is 10.6 Å². The Kier molecular flexibility index (Phi) is 5.61. The number of benzene rings is 2. The largest absolute Gasteiger partial charge is 0.352 e. The summed E-state index contributed by atoms with van der Waals surface area (Å²) in [5.74, 6) is -0.272. The minimum atomic E-state index is -0.181. The standard InChI is InChI=1S/C19H18Cl2N2O2/c20-15-6-5-12(17(21)11-15)9-10-22-18(24)13-1-3-14(4-2-13)19(25)23-16-7-8-16/h1-6,11,16H,7-10H2,(H,22,24)(H,23,25). The van der Waals surface area contributed by atoms with Gasteiger partial charge in [0.05, 0.1) is 0 Å². The van der Waals surface area contributed by atoms with Crippen LogP contribution in [0.5, 0.6) is 0 Å². The molecule has 1 fully saturated rings. The minimum absolute atomic E-state index is 0.0909. The van der Waals surface area contributed by atoms with E-state index in [1.807, 2.05) is 6.07 Å². The van der Waals surface area contributed by atoms with Gasteiger partial charge in [-0.15, -0.1) is 0 Å². The predicted molar refractivity (Wildman–Crippen MR) is 99.4 cm³/mol. The van der Waals surface area contributed by atoms with Gasteiger partial charge in [-0.1, -0.05) is 29.3 Å². The second-order valence-electron chi connectivity index (χ2n) is 6.07. The zero-order valence-electron chi connectivity index (χ0n) is 13.5. The van der Waals surface area contributed by atoms with Crippen LogP contribution in [0.3, 0.4) is 0 Å². The second-order valence-corrected chi connectivity index (χ2v) is 6.91. The van der Waals surface area contributed by atoms with Gasteiger partial charge in [-0.05, 0) is 61.2 Å². The summed E-state index contributed by atoms with van der Waals surface area (Å²) in [4.78, 5) is 24.1. The van der Waals surface area contributed by atoms with E-state index < -0.39 is 0 Å². The van der Waals surface area contributed by atoms with Crippen LogP contribution in [0.4, 0.5) is 0 Å². The number of hydrogen-bond donors (Lipinski definition) is 2. The average molecular weight is 377 g/mol. The molecule has 2 aromatic rings. The molecular weight excluding hydrogens is 359 g/mol. The van der Waals surface area contributed by atoms with Crippen LogP contribution in [-0.2, 0) is 6.42 Å². The highest BCUT2D eigenvalue weighted by Crippen LogP contribution is 2.21. The van der Waals surface area contributed by atoms with Crippen LogP contribution in [0.25, 0.3) is 0 Å². The number of halogens is 2. The smallest absolute Gasteiger partial charge is 0.251 e. The van der Waals surface area contributed by atoms with Crippen LogP contribution in [0.15, 0.2) is 42.5 Å². The molecule has 1 aliphatic carbocycles. The zero-order chi connectivity index (χ0) is 17.8. The van der Waals surface area contributed by atoms with Crippen molar-refractivity contribution >= 4 is 35.0 Å². The van der Waals surface area contributed by atoms with E-state index in [-0.39, 0.29) is 11.8 Å². The van der Waals surface area contributed by atoms with Crippen molar-refractivity contribution in [2.75, 3.05) is 6.54 Å². The first-order valence-electron chi connectivity index (χ1n) is 8.16. The third-order valence-corrected chi connectivity index (χ3v) is 4.60. The van der Waals surface area contributed by atoms with E-state index in [4.69, 9.17) is 23.2 Å². The molecule has 0 radical (unpaired) electrons. The number of hydrogen-bond acceptors (Lipinski definition) is 2. The molecule has 2 amide bonds. The van der Waals surface area contributed by atoms with Crippen LogP contribution >= 0.6 is 23.2 Å². The summed E-state index contributed by atoms with van der Waals surface area (Å²) in [7, 11) is 0. The van der Waals surface area contributed by atoms with E-state index >= 15 is 0 Å². The summed E-state index contributed by atoms with van der Waals surface area (Å²) in [6, 6.07) is 12.3. The molecule has 0 atom stereocenters. The van der Waals surface area contributed by atoms with Crippen LogP contribution < -0.4 is 10.6 Å². The van der Waals surface area contributed by atoms with E-state index in [1.54, 1.807) is 36.4 Å². The number of amides is 2. The Morgan fingerprint density at radius 1 is 0.960 bits per heavy atom. The van der Waals surface area contributed by atoms with E-state index in [0.717, 1.165) is 18.4 Å². The van der Waals surface area contributed by atoms with Gasteiger partial charge in [-0.3, -0.25) is 9.59 Å². The molecule has 2 aromatic carbocycles. The molecular formula is C19H18Cl2N2O2. The van der Waals surface area contributed by atoms with Crippen molar-refractivity contribution in [2.45, 2.75) is 25.3 Å². The van der Waals surface area contributed by atoms with Gasteiger partial charge in [0, 0.05) is 33.8 Å². The lowest BCUT2D eigenvalue weighted by atomic mass is 10.1. The van der Waals surface area contributed by atoms with Crippen LogP contribution in [0.1, 0.15) is 39.1 Å². The quantitative estimate of drug-likeness (QED) is 0.803. The SMILES string of the molecule is O=C(NCCc1ccc(Cl)cc1Cl)c1ccc(C(=O)NC2CC2)cc1. The Morgan fingerprint density at radius 3 is 2.20 bits per heavy atom. The van der Waals surface area contributed by atoms with Crippen LogP contribution in [0.2, 0.25) is 10.0 Å². The maximum Gasteiger partial charge on any atom is 0.251 e. The zero-order valence-corrected chi connectivity index (χ0v) is 15.0. The molecule has 0 aromatic heterocycles. The highest BCUT2D eigenvalue weighted by molar-refractivity contribution is 6.35. The Bertz CT molecular complexity index is 787. The lowest BCUT2D eigenvalue weighted by molar-refractivity contribution is 0.0940. The highest BCUT2D eigenvalue weighted by atomic mass is 35.5. The molecule has 0 spiro atoms. The Labute approximate surface area is 156 Å². The fraction of sp³-hybridized carbons (Fsp3) is 0.263. The first kappa shape index (κ1) is 17.8. The Morgan fingerprint density at radius 2 is 1.60 bits per heavy atom. The fourth-order valence-electron chi connectivity index (χ4n) is 2.41. The summed E-state index contributed by atoms with van der Waals surface area (Å²) in [6.07, 6.45) is 2.71. The lowest BCUT2D eigenvalue weighted by Crippen LogP contribution is -2.27. The van der Waals surface area contributed by atoms with E-state index in [9.17, 15) is 9.59 Å². The van der Waals surface area contributed by atoms with Crippen molar-refractivity contribution in [3.63, 3.8) is 0 Å². The maximum atomic E-state index is 12.2. The van der Waals surface area contributed by atoms with Crippen LogP contribution in [-0.4, -0.2) is 24.4 Å². The average Bonchev–Trinajstić information content (AvgIpc) is 3.41. The first-order chi connectivity index (χ1) is 12.0. The second kappa shape index (κ2) is 7.89. The molecule has 3 rings (SSSR count). The van der Waals surface area contributed by atoms with Crippen molar-refractivity contribution in [3.8, 4) is 0 Å². The summed E-state index contributed by atoms with van der Waals surface area (Å²) < 4.78 is 0. The van der Waals surface area contributed by atoms with Crippen LogP contribution in [0, 0.1) is 0 Å². The van der Waals surface area contributed by atoms with Gasteiger partial charge in [0.1, 0.15) is 0 Å². The Hall–Kier alpha value is -2.04. The number of carbonyl (C=O) groups excluding carboxylic acids is 2. The fourth-order valence-corrected chi connectivity index (χ4v) is 2.91. The summed E-state index contributed by atoms with van der Waals surface area (Å²) in [5, 5.41) is 6.95. The van der Waals surface area contributed by atoms with Gasteiger partial charge < -0.3 is 10.6 Å². The van der Waals surface area contributed by atoms with E-state index in [1.165, 1.54) is 0 Å². The minimum Gasteiger partial charge on any atom is -0.352 e. The topological polar surface area (TPSA) is 58.2 Å².